The van der Waals surface area contributed by atoms with Gasteiger partial charge in [-0.05, 0) is 38.4 Å². The third-order valence-electron chi connectivity index (χ3n) is 3.76. The molecule has 1 aromatic rings. The number of nitrogens with two attached hydrogens (primary N) is 1. The Kier molecular flexibility index (Phi) is 7.19. The number of para-hydroxylation sites is 1. The van der Waals surface area contributed by atoms with Gasteiger partial charge in [-0.15, -0.1) is 0 Å². The molecule has 0 heterocycles. The molecule has 0 aliphatic rings. The van der Waals surface area contributed by atoms with Gasteiger partial charge in [-0.25, -0.2) is 0 Å². The van der Waals surface area contributed by atoms with Gasteiger partial charge in [-0.1, -0.05) is 18.2 Å². The summed E-state index contributed by atoms with van der Waals surface area (Å²) in [5.74, 6) is 0.546. The Morgan fingerprint density at radius 1 is 1.33 bits per heavy atom. The van der Waals surface area contributed by atoms with Crippen molar-refractivity contribution in [1.29, 1.82) is 0 Å². The van der Waals surface area contributed by atoms with Gasteiger partial charge in [0.05, 0.1) is 14.2 Å². The normalized spacial score (nSPS) is 13.8. The van der Waals surface area contributed by atoms with Crippen molar-refractivity contribution < 1.29 is 14.3 Å². The van der Waals surface area contributed by atoms with Crippen LogP contribution in [0.15, 0.2) is 24.3 Å². The fraction of sp³-hybridized carbons (Fsp3) is 0.562. The van der Waals surface area contributed by atoms with Crippen molar-refractivity contribution in [3.63, 3.8) is 0 Å². The van der Waals surface area contributed by atoms with E-state index in [2.05, 4.69) is 22.6 Å². The molecule has 5 nitrogen and oxygen atoms in total. The molecule has 2 unspecified atom stereocenters. The second-order valence-electron chi connectivity index (χ2n) is 5.26. The van der Waals surface area contributed by atoms with Gasteiger partial charge in [0, 0.05) is 12.6 Å². The van der Waals surface area contributed by atoms with Gasteiger partial charge in [0.1, 0.15) is 11.8 Å². The Labute approximate surface area is 127 Å². The third-order valence-corrected chi connectivity index (χ3v) is 3.76. The highest BCUT2D eigenvalue weighted by atomic mass is 16.5. The summed E-state index contributed by atoms with van der Waals surface area (Å²) in [5, 5.41) is 0. The first-order valence-corrected chi connectivity index (χ1v) is 7.15. The predicted octanol–water partition coefficient (Wildman–Crippen LogP) is 1.45. The quantitative estimate of drug-likeness (QED) is 0.735. The first-order valence-electron chi connectivity index (χ1n) is 7.15. The number of benzene rings is 1. The van der Waals surface area contributed by atoms with Crippen LogP contribution >= 0.6 is 0 Å². The summed E-state index contributed by atoms with van der Waals surface area (Å²) in [6, 6.07) is 7.78. The number of carbonyl (C=O) groups is 1. The second-order valence-corrected chi connectivity index (χ2v) is 5.26. The molecule has 5 heteroatoms. The molecule has 118 valence electrons. The zero-order chi connectivity index (χ0) is 15.8. The van der Waals surface area contributed by atoms with Crippen LogP contribution in [0.5, 0.6) is 5.75 Å². The van der Waals surface area contributed by atoms with Crippen LogP contribution < -0.4 is 10.5 Å². The molecule has 0 radical (unpaired) electrons. The van der Waals surface area contributed by atoms with E-state index in [4.69, 9.17) is 10.5 Å². The van der Waals surface area contributed by atoms with E-state index < -0.39 is 6.04 Å². The van der Waals surface area contributed by atoms with E-state index in [-0.39, 0.29) is 5.97 Å². The summed E-state index contributed by atoms with van der Waals surface area (Å²) in [4.78, 5) is 13.5. The molecule has 1 rings (SSSR count). The summed E-state index contributed by atoms with van der Waals surface area (Å²) in [7, 11) is 5.07. The first-order chi connectivity index (χ1) is 9.99. The Bertz CT molecular complexity index is 451. The van der Waals surface area contributed by atoms with Crippen molar-refractivity contribution in [2.45, 2.75) is 31.8 Å². The Balaban J connectivity index is 2.51. The minimum absolute atomic E-state index is 0.325. The van der Waals surface area contributed by atoms with Gasteiger partial charge in [-0.3, -0.25) is 4.79 Å². The number of methoxy groups -OCH3 is 2. The van der Waals surface area contributed by atoms with Crippen molar-refractivity contribution in [3.05, 3.63) is 29.8 Å². The van der Waals surface area contributed by atoms with Gasteiger partial charge >= 0.3 is 5.97 Å². The molecular weight excluding hydrogens is 268 g/mol. The van der Waals surface area contributed by atoms with E-state index in [1.807, 2.05) is 25.2 Å². The maximum atomic E-state index is 11.3. The van der Waals surface area contributed by atoms with Gasteiger partial charge in [0.15, 0.2) is 0 Å². The molecule has 0 amide bonds. The zero-order valence-electron chi connectivity index (χ0n) is 13.3. The summed E-state index contributed by atoms with van der Waals surface area (Å²) >= 11 is 0. The van der Waals surface area contributed by atoms with Crippen LogP contribution in [0.4, 0.5) is 0 Å². The highest BCUT2D eigenvalue weighted by Gasteiger charge is 2.17. The SMILES string of the molecule is COC(=O)C(N)CCN(C)C(C)Cc1ccccc1OC. The van der Waals surface area contributed by atoms with Crippen molar-refractivity contribution in [2.75, 3.05) is 27.8 Å². The van der Waals surface area contributed by atoms with E-state index in [9.17, 15) is 4.79 Å². The fourth-order valence-electron chi connectivity index (χ4n) is 2.18. The molecule has 0 aromatic heterocycles. The minimum atomic E-state index is -0.559. The second kappa shape index (κ2) is 8.64. The van der Waals surface area contributed by atoms with E-state index in [1.54, 1.807) is 7.11 Å². The van der Waals surface area contributed by atoms with Crippen LogP contribution in [0.2, 0.25) is 0 Å². The molecule has 0 saturated carbocycles. The number of hydrogen-bond donors (Lipinski definition) is 1. The summed E-state index contributed by atoms with van der Waals surface area (Å²) < 4.78 is 10.0. The van der Waals surface area contributed by atoms with Crippen LogP contribution in [0.3, 0.4) is 0 Å². The average molecular weight is 294 g/mol. The zero-order valence-corrected chi connectivity index (χ0v) is 13.3. The summed E-state index contributed by atoms with van der Waals surface area (Å²) in [6.45, 7) is 2.89. The lowest BCUT2D eigenvalue weighted by Gasteiger charge is -2.26. The van der Waals surface area contributed by atoms with Gasteiger partial charge in [0.2, 0.25) is 0 Å². The lowest BCUT2D eigenvalue weighted by molar-refractivity contribution is -0.142. The molecule has 1 aromatic carbocycles. The monoisotopic (exact) mass is 294 g/mol. The Hall–Kier alpha value is -1.59. The number of ether oxygens (including phenoxy) is 2. The number of esters is 1. The third kappa shape index (κ3) is 5.36. The van der Waals surface area contributed by atoms with Crippen molar-refractivity contribution in [3.8, 4) is 5.75 Å². The first kappa shape index (κ1) is 17.5. The highest BCUT2D eigenvalue weighted by Crippen LogP contribution is 2.20. The van der Waals surface area contributed by atoms with Crippen molar-refractivity contribution in [2.24, 2.45) is 5.73 Å². The number of rotatable bonds is 8. The van der Waals surface area contributed by atoms with Crippen LogP contribution in [0, 0.1) is 0 Å². The highest BCUT2D eigenvalue weighted by molar-refractivity contribution is 5.75. The lowest BCUT2D eigenvalue weighted by Crippen LogP contribution is -2.38. The maximum absolute atomic E-state index is 11.3. The largest absolute Gasteiger partial charge is 0.496 e. The van der Waals surface area contributed by atoms with Crippen molar-refractivity contribution >= 4 is 5.97 Å². The predicted molar refractivity (Wildman–Crippen MR) is 83.4 cm³/mol. The van der Waals surface area contributed by atoms with E-state index in [0.717, 1.165) is 18.7 Å². The standard InChI is InChI=1S/C16H26N2O3/c1-12(11-13-7-5-6-8-15(13)20-3)18(2)10-9-14(17)16(19)21-4/h5-8,12,14H,9-11,17H2,1-4H3. The smallest absolute Gasteiger partial charge is 0.322 e. The number of carbonyl (C=O) groups excluding carboxylic acids is 1. The molecular formula is C16H26N2O3. The maximum Gasteiger partial charge on any atom is 0.322 e. The molecule has 0 bridgehead atoms. The molecule has 0 aliphatic heterocycles. The van der Waals surface area contributed by atoms with Crippen LogP contribution in [-0.4, -0.2) is 50.8 Å². The van der Waals surface area contributed by atoms with E-state index in [0.29, 0.717) is 12.5 Å². The van der Waals surface area contributed by atoms with Crippen LogP contribution in [0.1, 0.15) is 18.9 Å². The minimum Gasteiger partial charge on any atom is -0.496 e. The van der Waals surface area contributed by atoms with Crippen LogP contribution in [0.25, 0.3) is 0 Å². The summed E-state index contributed by atoms with van der Waals surface area (Å²) in [6.07, 6.45) is 1.47. The summed E-state index contributed by atoms with van der Waals surface area (Å²) in [5.41, 5.74) is 6.93. The van der Waals surface area contributed by atoms with Crippen LogP contribution in [-0.2, 0) is 16.0 Å². The number of nitrogens with zero attached hydrogens (tertiary/aromatic N) is 1. The number of hydrogen-bond acceptors (Lipinski definition) is 5. The Morgan fingerprint density at radius 3 is 2.62 bits per heavy atom. The molecule has 2 atom stereocenters. The van der Waals surface area contributed by atoms with E-state index >= 15 is 0 Å². The molecule has 0 spiro atoms. The van der Waals surface area contributed by atoms with Gasteiger partial charge in [0.25, 0.3) is 0 Å². The molecule has 0 aliphatic carbocycles. The van der Waals surface area contributed by atoms with E-state index in [1.165, 1.54) is 12.7 Å². The van der Waals surface area contributed by atoms with Crippen molar-refractivity contribution in [1.82, 2.24) is 4.90 Å². The van der Waals surface area contributed by atoms with Gasteiger partial charge in [-0.2, -0.15) is 0 Å². The lowest BCUT2D eigenvalue weighted by atomic mass is 10.0. The molecule has 0 saturated heterocycles. The fourth-order valence-corrected chi connectivity index (χ4v) is 2.18. The molecule has 2 N–H and O–H groups in total. The molecule has 0 fully saturated rings. The number of likely N-dealkylation sites (N-methyl/N-ethyl adjacent to an activating group) is 1. The Morgan fingerprint density at radius 2 is 2.00 bits per heavy atom. The molecule has 21 heavy (non-hydrogen) atoms. The van der Waals surface area contributed by atoms with Gasteiger partial charge < -0.3 is 20.1 Å². The average Bonchev–Trinajstić information content (AvgIpc) is 2.51. The topological polar surface area (TPSA) is 64.8 Å².